The molecule has 2 heterocycles. The fourth-order valence-corrected chi connectivity index (χ4v) is 1.88. The molecule has 2 aromatic heterocycles. The first-order valence-electron chi connectivity index (χ1n) is 5.36. The van der Waals surface area contributed by atoms with Crippen LogP contribution < -0.4 is 0 Å². The van der Waals surface area contributed by atoms with Crippen LogP contribution in [-0.4, -0.2) is 20.6 Å². The Labute approximate surface area is 94.5 Å². The number of hydrogen-bond donors (Lipinski definition) is 0. The highest BCUT2D eigenvalue weighted by atomic mass is 16.1. The maximum atomic E-state index is 10.8. The molecule has 84 valence electrons. The third kappa shape index (κ3) is 1.91. The fourth-order valence-electron chi connectivity index (χ4n) is 1.88. The standard InChI is InChI=1S/C12H15N3O/c1-3-12-10(7-14(2)13-12)8-15-6-4-5-11(15)9-16/h4-7,9H,3,8H2,1-2H3. The molecule has 0 amide bonds. The smallest absolute Gasteiger partial charge is 0.166 e. The molecule has 0 aliphatic carbocycles. The number of carbonyl (C=O) groups excluding carboxylic acids is 1. The van der Waals surface area contributed by atoms with Crippen LogP contribution in [0.3, 0.4) is 0 Å². The third-order valence-electron chi connectivity index (χ3n) is 2.65. The van der Waals surface area contributed by atoms with Crippen LogP contribution in [0.2, 0.25) is 0 Å². The molecule has 0 aliphatic heterocycles. The lowest BCUT2D eigenvalue weighted by Crippen LogP contribution is -2.03. The molecule has 0 spiro atoms. The zero-order valence-corrected chi connectivity index (χ0v) is 9.55. The monoisotopic (exact) mass is 217 g/mol. The number of carbonyl (C=O) groups is 1. The van der Waals surface area contributed by atoms with Gasteiger partial charge in [-0.05, 0) is 18.6 Å². The predicted molar refractivity (Wildman–Crippen MR) is 61.5 cm³/mol. The van der Waals surface area contributed by atoms with Crippen LogP contribution in [0.1, 0.15) is 28.7 Å². The van der Waals surface area contributed by atoms with Gasteiger partial charge in [-0.1, -0.05) is 6.92 Å². The van der Waals surface area contributed by atoms with Gasteiger partial charge in [0, 0.05) is 25.0 Å². The Morgan fingerprint density at radius 3 is 3.00 bits per heavy atom. The van der Waals surface area contributed by atoms with Crippen LogP contribution in [0.5, 0.6) is 0 Å². The third-order valence-corrected chi connectivity index (χ3v) is 2.65. The first-order valence-corrected chi connectivity index (χ1v) is 5.36. The number of rotatable bonds is 4. The molecule has 0 bridgehead atoms. The highest BCUT2D eigenvalue weighted by Gasteiger charge is 2.07. The van der Waals surface area contributed by atoms with Crippen molar-refractivity contribution in [3.05, 3.63) is 41.5 Å². The first-order chi connectivity index (χ1) is 7.74. The zero-order valence-electron chi connectivity index (χ0n) is 9.55. The van der Waals surface area contributed by atoms with Crippen LogP contribution in [0.25, 0.3) is 0 Å². The van der Waals surface area contributed by atoms with E-state index in [9.17, 15) is 4.79 Å². The fraction of sp³-hybridized carbons (Fsp3) is 0.333. The molecule has 16 heavy (non-hydrogen) atoms. The summed E-state index contributed by atoms with van der Waals surface area (Å²) in [6.45, 7) is 2.79. The van der Waals surface area contributed by atoms with Gasteiger partial charge in [-0.25, -0.2) is 0 Å². The Hall–Kier alpha value is -1.84. The van der Waals surface area contributed by atoms with Crippen molar-refractivity contribution in [1.82, 2.24) is 14.3 Å². The van der Waals surface area contributed by atoms with Crippen LogP contribution in [0, 0.1) is 0 Å². The average Bonchev–Trinajstić information content (AvgIpc) is 2.85. The molecule has 4 heteroatoms. The molecule has 0 unspecified atom stereocenters. The summed E-state index contributed by atoms with van der Waals surface area (Å²) < 4.78 is 3.75. The van der Waals surface area contributed by atoms with Gasteiger partial charge in [-0.2, -0.15) is 5.10 Å². The van der Waals surface area contributed by atoms with Gasteiger partial charge in [0.05, 0.1) is 17.9 Å². The van der Waals surface area contributed by atoms with E-state index in [1.165, 1.54) is 5.56 Å². The maximum Gasteiger partial charge on any atom is 0.166 e. The molecule has 0 atom stereocenters. The molecule has 0 saturated heterocycles. The minimum atomic E-state index is 0.700. The average molecular weight is 217 g/mol. The quantitative estimate of drug-likeness (QED) is 0.730. The van der Waals surface area contributed by atoms with Gasteiger partial charge in [0.25, 0.3) is 0 Å². The molecule has 4 nitrogen and oxygen atoms in total. The molecular weight excluding hydrogens is 202 g/mol. The van der Waals surface area contributed by atoms with Gasteiger partial charge in [0.15, 0.2) is 6.29 Å². The summed E-state index contributed by atoms with van der Waals surface area (Å²) in [5.41, 5.74) is 2.96. The van der Waals surface area contributed by atoms with E-state index in [0.717, 1.165) is 18.4 Å². The van der Waals surface area contributed by atoms with E-state index in [0.29, 0.717) is 12.2 Å². The molecule has 0 fully saturated rings. The van der Waals surface area contributed by atoms with Gasteiger partial charge in [-0.3, -0.25) is 9.48 Å². The van der Waals surface area contributed by atoms with Crippen molar-refractivity contribution in [1.29, 1.82) is 0 Å². The lowest BCUT2D eigenvalue weighted by atomic mass is 10.2. The number of nitrogens with zero attached hydrogens (tertiary/aromatic N) is 3. The summed E-state index contributed by atoms with van der Waals surface area (Å²) in [6, 6.07) is 3.70. The molecule has 0 aromatic carbocycles. The van der Waals surface area contributed by atoms with Gasteiger partial charge in [0.2, 0.25) is 0 Å². The predicted octanol–water partition coefficient (Wildman–Crippen LogP) is 1.64. The second-order valence-electron chi connectivity index (χ2n) is 3.81. The molecule has 0 saturated carbocycles. The van der Waals surface area contributed by atoms with Gasteiger partial charge in [-0.15, -0.1) is 0 Å². The summed E-state index contributed by atoms with van der Waals surface area (Å²) in [7, 11) is 1.92. The number of aryl methyl sites for hydroxylation is 2. The maximum absolute atomic E-state index is 10.8. The van der Waals surface area contributed by atoms with Crippen molar-refractivity contribution in [2.24, 2.45) is 7.05 Å². The topological polar surface area (TPSA) is 39.8 Å². The Bertz CT molecular complexity index is 496. The molecular formula is C12H15N3O. The second kappa shape index (κ2) is 4.35. The van der Waals surface area contributed by atoms with Crippen LogP contribution in [-0.2, 0) is 20.0 Å². The number of hydrogen-bond acceptors (Lipinski definition) is 2. The van der Waals surface area contributed by atoms with E-state index in [1.807, 2.05) is 40.8 Å². The minimum absolute atomic E-state index is 0.700. The van der Waals surface area contributed by atoms with Crippen molar-refractivity contribution in [3.8, 4) is 0 Å². The minimum Gasteiger partial charge on any atom is -0.341 e. The van der Waals surface area contributed by atoms with Crippen LogP contribution in [0.4, 0.5) is 0 Å². The van der Waals surface area contributed by atoms with E-state index in [-0.39, 0.29) is 0 Å². The zero-order chi connectivity index (χ0) is 11.5. The summed E-state index contributed by atoms with van der Waals surface area (Å²) in [5.74, 6) is 0. The normalized spacial score (nSPS) is 10.6. The van der Waals surface area contributed by atoms with E-state index < -0.39 is 0 Å². The van der Waals surface area contributed by atoms with Crippen molar-refractivity contribution in [2.45, 2.75) is 19.9 Å². The Morgan fingerprint density at radius 1 is 1.50 bits per heavy atom. The van der Waals surface area contributed by atoms with E-state index in [2.05, 4.69) is 12.0 Å². The molecule has 2 aromatic rings. The summed E-state index contributed by atoms with van der Waals surface area (Å²) in [4.78, 5) is 10.8. The van der Waals surface area contributed by atoms with Crippen molar-refractivity contribution < 1.29 is 4.79 Å². The van der Waals surface area contributed by atoms with Crippen molar-refractivity contribution >= 4 is 6.29 Å². The first kappa shape index (κ1) is 10.7. The second-order valence-corrected chi connectivity index (χ2v) is 3.81. The summed E-state index contributed by atoms with van der Waals surface area (Å²) in [5, 5.41) is 4.38. The summed E-state index contributed by atoms with van der Waals surface area (Å²) >= 11 is 0. The Kier molecular flexibility index (Phi) is 2.90. The molecule has 0 aliphatic rings. The van der Waals surface area contributed by atoms with E-state index in [1.54, 1.807) is 0 Å². The lowest BCUT2D eigenvalue weighted by molar-refractivity contribution is 0.111. The van der Waals surface area contributed by atoms with E-state index in [4.69, 9.17) is 0 Å². The highest BCUT2D eigenvalue weighted by molar-refractivity contribution is 5.72. The lowest BCUT2D eigenvalue weighted by Gasteiger charge is -2.04. The van der Waals surface area contributed by atoms with Gasteiger partial charge >= 0.3 is 0 Å². The van der Waals surface area contributed by atoms with E-state index >= 15 is 0 Å². The SMILES string of the molecule is CCc1nn(C)cc1Cn1cccc1C=O. The highest BCUT2D eigenvalue weighted by Crippen LogP contribution is 2.11. The molecule has 0 radical (unpaired) electrons. The van der Waals surface area contributed by atoms with Gasteiger partial charge in [0.1, 0.15) is 0 Å². The van der Waals surface area contributed by atoms with Crippen molar-refractivity contribution in [3.63, 3.8) is 0 Å². The van der Waals surface area contributed by atoms with Gasteiger partial charge < -0.3 is 4.57 Å². The Morgan fingerprint density at radius 2 is 2.31 bits per heavy atom. The number of aldehydes is 1. The summed E-state index contributed by atoms with van der Waals surface area (Å²) in [6.07, 6.45) is 5.71. The van der Waals surface area contributed by atoms with Crippen LogP contribution >= 0.6 is 0 Å². The van der Waals surface area contributed by atoms with Crippen LogP contribution in [0.15, 0.2) is 24.5 Å². The molecule has 2 rings (SSSR count). The van der Waals surface area contributed by atoms with Crippen molar-refractivity contribution in [2.75, 3.05) is 0 Å². The Balaban J connectivity index is 2.29. The number of aromatic nitrogens is 3. The largest absolute Gasteiger partial charge is 0.341 e. The molecule has 0 N–H and O–H groups in total.